The first-order chi connectivity index (χ1) is 11.8. The van der Waals surface area contributed by atoms with E-state index in [1.165, 1.54) is 22.5 Å². The Morgan fingerprint density at radius 1 is 1.04 bits per heavy atom. The number of benzene rings is 2. The third kappa shape index (κ3) is 3.03. The molecule has 1 aromatic heterocycles. The van der Waals surface area contributed by atoms with Crippen LogP contribution in [0.2, 0.25) is 0 Å². The van der Waals surface area contributed by atoms with Gasteiger partial charge in [-0.15, -0.1) is 11.3 Å². The Morgan fingerprint density at radius 2 is 1.79 bits per heavy atom. The fraction of sp³-hybridized carbons (Fsp3) is 0.158. The van der Waals surface area contributed by atoms with Crippen LogP contribution in [-0.2, 0) is 13.0 Å². The lowest BCUT2D eigenvalue weighted by atomic mass is 10.0. The molecule has 0 saturated carbocycles. The molecule has 120 valence electrons. The smallest absolute Gasteiger partial charge is 0.320 e. The quantitative estimate of drug-likeness (QED) is 0.754. The Morgan fingerprint density at radius 3 is 2.62 bits per heavy atom. The number of fused-ring (bicyclic) bond motifs is 1. The zero-order chi connectivity index (χ0) is 16.4. The number of carbonyl (C=O) groups excluding carboxylic acids is 1. The van der Waals surface area contributed by atoms with Gasteiger partial charge in [0.1, 0.15) is 0 Å². The summed E-state index contributed by atoms with van der Waals surface area (Å²) < 4.78 is 0. The fourth-order valence-corrected chi connectivity index (χ4v) is 3.62. The normalized spacial score (nSPS) is 13.4. The topological polar surface area (TPSA) is 45.2 Å². The van der Waals surface area contributed by atoms with Gasteiger partial charge >= 0.3 is 6.03 Å². The van der Waals surface area contributed by atoms with Crippen molar-refractivity contribution in [3.05, 3.63) is 71.1 Å². The van der Waals surface area contributed by atoms with E-state index in [1.54, 1.807) is 0 Å². The third-order valence-corrected chi connectivity index (χ3v) is 4.96. The van der Waals surface area contributed by atoms with Gasteiger partial charge in [-0.3, -0.25) is 5.32 Å². The molecule has 24 heavy (non-hydrogen) atoms. The Bertz CT molecular complexity index is 860. The predicted molar refractivity (Wildman–Crippen MR) is 97.1 cm³/mol. The summed E-state index contributed by atoms with van der Waals surface area (Å²) in [5.41, 5.74) is 4.51. The third-order valence-electron chi connectivity index (χ3n) is 4.21. The molecule has 1 N–H and O–H groups in total. The van der Waals surface area contributed by atoms with Gasteiger partial charge in [-0.25, -0.2) is 9.78 Å². The average Bonchev–Trinajstić information content (AvgIpc) is 3.10. The van der Waals surface area contributed by atoms with Gasteiger partial charge in [0, 0.05) is 24.0 Å². The molecule has 0 radical (unpaired) electrons. The van der Waals surface area contributed by atoms with Crippen molar-refractivity contribution in [2.75, 3.05) is 11.9 Å². The van der Waals surface area contributed by atoms with Gasteiger partial charge in [-0.1, -0.05) is 54.6 Å². The van der Waals surface area contributed by atoms with E-state index in [-0.39, 0.29) is 6.03 Å². The van der Waals surface area contributed by atoms with Crippen molar-refractivity contribution in [2.24, 2.45) is 0 Å². The van der Waals surface area contributed by atoms with Gasteiger partial charge in [0.25, 0.3) is 0 Å². The zero-order valence-electron chi connectivity index (χ0n) is 13.1. The van der Waals surface area contributed by atoms with Crippen LogP contribution in [0.25, 0.3) is 11.3 Å². The number of carbonyl (C=O) groups is 1. The van der Waals surface area contributed by atoms with Crippen LogP contribution in [0.3, 0.4) is 0 Å². The molecular weight excluding hydrogens is 318 g/mol. The van der Waals surface area contributed by atoms with Gasteiger partial charge in [0.05, 0.1) is 5.69 Å². The number of rotatable bonds is 2. The van der Waals surface area contributed by atoms with E-state index in [1.807, 2.05) is 46.7 Å². The number of hydrogen-bond donors (Lipinski definition) is 1. The van der Waals surface area contributed by atoms with Gasteiger partial charge in [0.15, 0.2) is 5.13 Å². The van der Waals surface area contributed by atoms with Crippen molar-refractivity contribution in [1.29, 1.82) is 0 Å². The standard InChI is InChI=1S/C19H17N3OS/c23-19(22-11-10-14-6-4-5-9-16(14)12-22)21-18-20-17(13-24-18)15-7-2-1-3-8-15/h1-9,13H,10-12H2,(H,20,21,23). The number of amides is 2. The van der Waals surface area contributed by atoms with Crippen LogP contribution in [0.5, 0.6) is 0 Å². The minimum Gasteiger partial charge on any atom is -0.320 e. The molecule has 2 amide bonds. The number of hydrogen-bond acceptors (Lipinski definition) is 3. The lowest BCUT2D eigenvalue weighted by Crippen LogP contribution is -2.38. The van der Waals surface area contributed by atoms with Gasteiger partial charge < -0.3 is 4.90 Å². The van der Waals surface area contributed by atoms with E-state index in [0.29, 0.717) is 11.7 Å². The highest BCUT2D eigenvalue weighted by atomic mass is 32.1. The number of nitrogens with one attached hydrogen (secondary N) is 1. The van der Waals surface area contributed by atoms with Crippen LogP contribution in [0.1, 0.15) is 11.1 Å². The van der Waals surface area contributed by atoms with Crippen LogP contribution in [-0.4, -0.2) is 22.5 Å². The summed E-state index contributed by atoms with van der Waals surface area (Å²) in [6.45, 7) is 1.39. The summed E-state index contributed by atoms with van der Waals surface area (Å²) in [6.07, 6.45) is 0.900. The molecule has 0 atom stereocenters. The van der Waals surface area contributed by atoms with E-state index < -0.39 is 0 Å². The minimum absolute atomic E-state index is 0.0848. The molecule has 1 aliphatic rings. The molecule has 5 heteroatoms. The minimum atomic E-state index is -0.0848. The molecule has 0 bridgehead atoms. The maximum absolute atomic E-state index is 12.5. The highest BCUT2D eigenvalue weighted by Crippen LogP contribution is 2.25. The second-order valence-electron chi connectivity index (χ2n) is 5.77. The summed E-state index contributed by atoms with van der Waals surface area (Å²) in [7, 11) is 0. The van der Waals surface area contributed by atoms with Crippen molar-refractivity contribution in [3.8, 4) is 11.3 Å². The molecule has 0 fully saturated rings. The lowest BCUT2D eigenvalue weighted by Gasteiger charge is -2.28. The molecule has 0 saturated heterocycles. The molecule has 2 heterocycles. The van der Waals surface area contributed by atoms with Crippen LogP contribution in [0, 0.1) is 0 Å². The number of urea groups is 1. The number of anilines is 1. The summed E-state index contributed by atoms with van der Waals surface area (Å²) in [5.74, 6) is 0. The highest BCUT2D eigenvalue weighted by molar-refractivity contribution is 7.14. The molecule has 0 spiro atoms. The van der Waals surface area contributed by atoms with Crippen LogP contribution in [0.15, 0.2) is 60.0 Å². The molecule has 1 aliphatic heterocycles. The lowest BCUT2D eigenvalue weighted by molar-refractivity contribution is 0.206. The molecule has 4 rings (SSSR count). The summed E-state index contributed by atoms with van der Waals surface area (Å²) >= 11 is 1.45. The van der Waals surface area contributed by atoms with E-state index in [0.717, 1.165) is 24.2 Å². The van der Waals surface area contributed by atoms with Gasteiger partial charge in [-0.05, 0) is 17.5 Å². The molecule has 0 unspecified atom stereocenters. The average molecular weight is 335 g/mol. The molecular formula is C19H17N3OS. The maximum Gasteiger partial charge on any atom is 0.323 e. The van der Waals surface area contributed by atoms with Crippen LogP contribution < -0.4 is 5.32 Å². The number of aromatic nitrogens is 1. The largest absolute Gasteiger partial charge is 0.323 e. The second-order valence-corrected chi connectivity index (χ2v) is 6.63. The Kier molecular flexibility index (Phi) is 4.01. The van der Waals surface area contributed by atoms with E-state index in [9.17, 15) is 4.79 Å². The monoisotopic (exact) mass is 335 g/mol. The summed E-state index contributed by atoms with van der Waals surface area (Å²) in [6, 6.07) is 18.2. The van der Waals surface area contributed by atoms with E-state index in [2.05, 4.69) is 28.5 Å². The highest BCUT2D eigenvalue weighted by Gasteiger charge is 2.21. The summed E-state index contributed by atoms with van der Waals surface area (Å²) in [4.78, 5) is 18.9. The van der Waals surface area contributed by atoms with Gasteiger partial charge in [0.2, 0.25) is 0 Å². The SMILES string of the molecule is O=C(Nc1nc(-c2ccccc2)cs1)N1CCc2ccccc2C1. The van der Waals surface area contributed by atoms with Crippen LogP contribution in [0.4, 0.5) is 9.93 Å². The molecule has 2 aromatic carbocycles. The number of thiazole rings is 1. The fourth-order valence-electron chi connectivity index (χ4n) is 2.91. The first kappa shape index (κ1) is 14.9. The number of nitrogens with zero attached hydrogens (tertiary/aromatic N) is 2. The van der Waals surface area contributed by atoms with Crippen LogP contribution >= 0.6 is 11.3 Å². The van der Waals surface area contributed by atoms with Crippen molar-refractivity contribution in [1.82, 2.24) is 9.88 Å². The van der Waals surface area contributed by atoms with Crippen molar-refractivity contribution in [2.45, 2.75) is 13.0 Å². The zero-order valence-corrected chi connectivity index (χ0v) is 13.9. The first-order valence-electron chi connectivity index (χ1n) is 7.93. The Balaban J connectivity index is 1.45. The van der Waals surface area contributed by atoms with Gasteiger partial charge in [-0.2, -0.15) is 0 Å². The van der Waals surface area contributed by atoms with Crippen molar-refractivity contribution >= 4 is 22.5 Å². The first-order valence-corrected chi connectivity index (χ1v) is 8.81. The predicted octanol–water partition coefficient (Wildman–Crippen LogP) is 4.40. The second kappa shape index (κ2) is 6.45. The molecule has 3 aromatic rings. The molecule has 4 nitrogen and oxygen atoms in total. The van der Waals surface area contributed by atoms with E-state index >= 15 is 0 Å². The Labute approximate surface area is 144 Å². The van der Waals surface area contributed by atoms with Crippen molar-refractivity contribution in [3.63, 3.8) is 0 Å². The summed E-state index contributed by atoms with van der Waals surface area (Å²) in [5, 5.41) is 5.53. The maximum atomic E-state index is 12.5. The Hall–Kier alpha value is -2.66. The molecule has 0 aliphatic carbocycles. The van der Waals surface area contributed by atoms with Crippen molar-refractivity contribution < 1.29 is 4.79 Å². The van der Waals surface area contributed by atoms with E-state index in [4.69, 9.17) is 0 Å².